The summed E-state index contributed by atoms with van der Waals surface area (Å²) < 4.78 is 75.0. The van der Waals surface area contributed by atoms with Crippen molar-refractivity contribution >= 4 is 5.65 Å². The van der Waals surface area contributed by atoms with Crippen LogP contribution in [0.2, 0.25) is 0 Å². The van der Waals surface area contributed by atoms with E-state index in [0.29, 0.717) is 12.0 Å². The van der Waals surface area contributed by atoms with Crippen LogP contribution in [0.5, 0.6) is 5.88 Å². The first-order chi connectivity index (χ1) is 13.2. The first-order valence-corrected chi connectivity index (χ1v) is 8.08. The average molecular weight is 403 g/mol. The van der Waals surface area contributed by atoms with Crippen molar-refractivity contribution < 1.29 is 31.4 Å². The van der Waals surface area contributed by atoms with Gasteiger partial charge in [-0.05, 0) is 12.5 Å². The number of fused-ring (bicyclic) bond motifs is 1. The molecule has 0 aliphatic rings. The van der Waals surface area contributed by atoms with Gasteiger partial charge in [0.15, 0.2) is 12.3 Å². The van der Waals surface area contributed by atoms with Crippen LogP contribution >= 0.6 is 0 Å². The van der Waals surface area contributed by atoms with Gasteiger partial charge in [0.05, 0.1) is 18.5 Å². The minimum atomic E-state index is -4.48. The highest BCUT2D eigenvalue weighted by Crippen LogP contribution is 2.29. The Kier molecular flexibility index (Phi) is 5.40. The molecule has 0 N–H and O–H groups in total. The molecule has 0 fully saturated rings. The van der Waals surface area contributed by atoms with E-state index in [2.05, 4.69) is 29.6 Å². The third-order valence-electron chi connectivity index (χ3n) is 3.46. The molecule has 0 spiro atoms. The molecule has 0 aromatic carbocycles. The number of nitrogens with zero attached hydrogens (tertiary/aromatic N) is 5. The van der Waals surface area contributed by atoms with Crippen molar-refractivity contribution in [2.45, 2.75) is 25.6 Å². The van der Waals surface area contributed by atoms with E-state index in [9.17, 15) is 22.0 Å². The zero-order chi connectivity index (χ0) is 20.4. The summed E-state index contributed by atoms with van der Waals surface area (Å²) in [6.45, 7) is 0.0543. The lowest BCUT2D eigenvalue weighted by Gasteiger charge is -2.14. The van der Waals surface area contributed by atoms with E-state index in [1.165, 1.54) is 30.7 Å². The highest BCUT2D eigenvalue weighted by Gasteiger charge is 2.38. The van der Waals surface area contributed by atoms with Crippen LogP contribution in [0, 0.1) is 0 Å². The molecule has 0 aliphatic carbocycles. The van der Waals surface area contributed by atoms with Crippen molar-refractivity contribution in [3.63, 3.8) is 0 Å². The molecule has 3 heterocycles. The Labute approximate surface area is 155 Å². The van der Waals surface area contributed by atoms with Gasteiger partial charge in [0.2, 0.25) is 11.7 Å². The molecular formula is C16H14F5N5O2. The zero-order valence-corrected chi connectivity index (χ0v) is 14.5. The highest BCUT2D eigenvalue weighted by molar-refractivity contribution is 5.59. The maximum atomic E-state index is 14.2. The number of hydrogen-bond acceptors (Lipinski definition) is 6. The van der Waals surface area contributed by atoms with E-state index in [-0.39, 0.29) is 23.8 Å². The van der Waals surface area contributed by atoms with Gasteiger partial charge in [-0.3, -0.25) is 9.38 Å². The highest BCUT2D eigenvalue weighted by atomic mass is 19.4. The second-order valence-electron chi connectivity index (χ2n) is 5.68. The fourth-order valence-corrected chi connectivity index (χ4v) is 2.22. The summed E-state index contributed by atoms with van der Waals surface area (Å²) in [5, 5.41) is 7.11. The molecule has 12 heteroatoms. The molecule has 0 bridgehead atoms. The lowest BCUT2D eigenvalue weighted by molar-refractivity contribution is -0.254. The summed E-state index contributed by atoms with van der Waals surface area (Å²) in [5.41, 5.74) is 0.685. The molecule has 7 nitrogen and oxygen atoms in total. The summed E-state index contributed by atoms with van der Waals surface area (Å²) in [7, 11) is 0. The minimum Gasteiger partial charge on any atom is -0.468 e. The van der Waals surface area contributed by atoms with Gasteiger partial charge in [-0.2, -0.15) is 22.0 Å². The molecule has 0 saturated carbocycles. The number of alkyl halides is 5. The van der Waals surface area contributed by atoms with Gasteiger partial charge in [-0.1, -0.05) is 6.92 Å². The monoisotopic (exact) mass is 403 g/mol. The number of aromatic nitrogens is 5. The zero-order valence-electron chi connectivity index (χ0n) is 14.5. The second-order valence-corrected chi connectivity index (χ2v) is 5.68. The Morgan fingerprint density at radius 1 is 1.04 bits per heavy atom. The SMILES string of the molecule is CCCOC(F)(F)c1nnc2cnc(-c3ccc(OCC(F)(F)F)nc3)cn12. The molecule has 3 rings (SSSR count). The minimum absolute atomic E-state index is 0.0802. The Bertz CT molecular complexity index is 943. The van der Waals surface area contributed by atoms with Crippen molar-refractivity contribution in [2.24, 2.45) is 0 Å². The molecule has 3 aromatic heterocycles. The fraction of sp³-hybridized carbons (Fsp3) is 0.375. The third kappa shape index (κ3) is 4.50. The number of rotatable bonds is 7. The number of ether oxygens (including phenoxy) is 2. The van der Waals surface area contributed by atoms with Crippen molar-refractivity contribution in [2.75, 3.05) is 13.2 Å². The van der Waals surface area contributed by atoms with Crippen molar-refractivity contribution in [1.29, 1.82) is 0 Å². The van der Waals surface area contributed by atoms with Crippen LogP contribution in [0.1, 0.15) is 19.2 Å². The number of hydrogen-bond donors (Lipinski definition) is 0. The molecule has 0 saturated heterocycles. The first kappa shape index (κ1) is 19.9. The summed E-state index contributed by atoms with van der Waals surface area (Å²) in [6, 6.07) is 2.63. The third-order valence-corrected chi connectivity index (χ3v) is 3.46. The predicted octanol–water partition coefficient (Wildman–Crippen LogP) is 3.60. The predicted molar refractivity (Wildman–Crippen MR) is 85.7 cm³/mol. The standard InChI is InChI=1S/C16H14F5N5O2/c1-2-5-28-16(20,21)14-25-24-12-7-22-11(8-26(12)14)10-3-4-13(23-6-10)27-9-15(17,18)19/h3-4,6-8H,2,5,9H2,1H3. The quantitative estimate of drug-likeness (QED) is 0.561. The van der Waals surface area contributed by atoms with Crippen LogP contribution in [-0.4, -0.2) is 44.0 Å². The molecule has 0 aliphatic heterocycles. The van der Waals surface area contributed by atoms with Crippen LogP contribution in [0.25, 0.3) is 16.9 Å². The Hall–Kier alpha value is -2.89. The van der Waals surface area contributed by atoms with Crippen molar-refractivity contribution in [3.05, 3.63) is 36.5 Å². The van der Waals surface area contributed by atoms with Crippen LogP contribution in [-0.2, 0) is 10.8 Å². The summed E-state index contributed by atoms with van der Waals surface area (Å²) in [6.07, 6.45) is -4.02. The van der Waals surface area contributed by atoms with Crippen LogP contribution in [0.3, 0.4) is 0 Å². The first-order valence-electron chi connectivity index (χ1n) is 8.08. The molecule has 0 atom stereocenters. The van der Waals surface area contributed by atoms with Gasteiger partial charge in [-0.25, -0.2) is 4.98 Å². The van der Waals surface area contributed by atoms with E-state index < -0.39 is 24.7 Å². The van der Waals surface area contributed by atoms with Crippen molar-refractivity contribution in [3.8, 4) is 17.1 Å². The molecule has 28 heavy (non-hydrogen) atoms. The second kappa shape index (κ2) is 7.62. The largest absolute Gasteiger partial charge is 0.468 e. The van der Waals surface area contributed by atoms with Crippen LogP contribution < -0.4 is 4.74 Å². The molecule has 0 radical (unpaired) electrons. The smallest absolute Gasteiger partial charge is 0.422 e. The lowest BCUT2D eigenvalue weighted by Crippen LogP contribution is -2.22. The van der Waals surface area contributed by atoms with E-state index >= 15 is 0 Å². The van der Waals surface area contributed by atoms with E-state index in [1.54, 1.807) is 6.92 Å². The Morgan fingerprint density at radius 2 is 1.82 bits per heavy atom. The van der Waals surface area contributed by atoms with Crippen LogP contribution in [0.15, 0.2) is 30.7 Å². The molecule has 0 amide bonds. The lowest BCUT2D eigenvalue weighted by atomic mass is 10.2. The number of halogens is 5. The molecule has 3 aromatic rings. The molecule has 150 valence electrons. The normalized spacial score (nSPS) is 12.5. The maximum Gasteiger partial charge on any atom is 0.422 e. The summed E-state index contributed by atoms with van der Waals surface area (Å²) >= 11 is 0. The summed E-state index contributed by atoms with van der Waals surface area (Å²) in [4.78, 5) is 7.84. The van der Waals surface area contributed by atoms with Gasteiger partial charge in [0.1, 0.15) is 0 Å². The molecule has 0 unspecified atom stereocenters. The van der Waals surface area contributed by atoms with E-state index in [0.717, 1.165) is 4.40 Å². The Morgan fingerprint density at radius 3 is 2.46 bits per heavy atom. The van der Waals surface area contributed by atoms with E-state index in [4.69, 9.17) is 0 Å². The topological polar surface area (TPSA) is 74.4 Å². The molecular weight excluding hydrogens is 389 g/mol. The average Bonchev–Trinajstić information content (AvgIpc) is 3.09. The van der Waals surface area contributed by atoms with Gasteiger partial charge in [0, 0.05) is 24.0 Å². The van der Waals surface area contributed by atoms with Gasteiger partial charge >= 0.3 is 12.3 Å². The maximum absolute atomic E-state index is 14.2. The summed E-state index contributed by atoms with van der Waals surface area (Å²) in [5.74, 6) is -0.940. The van der Waals surface area contributed by atoms with Gasteiger partial charge < -0.3 is 9.47 Å². The van der Waals surface area contributed by atoms with Crippen molar-refractivity contribution in [1.82, 2.24) is 24.6 Å². The fourth-order valence-electron chi connectivity index (χ4n) is 2.22. The Balaban J connectivity index is 1.87. The van der Waals surface area contributed by atoms with Crippen LogP contribution in [0.4, 0.5) is 22.0 Å². The van der Waals surface area contributed by atoms with E-state index in [1.807, 2.05) is 0 Å². The van der Waals surface area contributed by atoms with Gasteiger partial charge in [0.25, 0.3) is 0 Å². The van der Waals surface area contributed by atoms with Gasteiger partial charge in [-0.15, -0.1) is 10.2 Å². The number of pyridine rings is 1.